The molecule has 2 unspecified atom stereocenters. The third-order valence-corrected chi connectivity index (χ3v) is 5.58. The minimum Gasteiger partial charge on any atom is -0.343 e. The Balaban J connectivity index is 1.45. The molecule has 3 aliphatic heterocycles. The summed E-state index contributed by atoms with van der Waals surface area (Å²) < 4.78 is 0. The first-order valence-corrected chi connectivity index (χ1v) is 8.32. The zero-order valence-electron chi connectivity index (χ0n) is 13.0. The summed E-state index contributed by atoms with van der Waals surface area (Å²) in [6, 6.07) is 2.06. The molecule has 0 radical (unpaired) electrons. The minimum absolute atomic E-state index is 0.411. The van der Waals surface area contributed by atoms with E-state index in [9.17, 15) is 4.79 Å². The highest BCUT2D eigenvalue weighted by Crippen LogP contribution is 2.33. The molecular weight excluding hydrogens is 250 g/mol. The van der Waals surface area contributed by atoms with Crippen molar-refractivity contribution in [1.29, 1.82) is 0 Å². The van der Waals surface area contributed by atoms with Crippen LogP contribution in [-0.4, -0.2) is 61.0 Å². The minimum atomic E-state index is 0.411. The maximum atomic E-state index is 12.5. The summed E-state index contributed by atoms with van der Waals surface area (Å²) in [6.45, 7) is 1.92. The Hall–Kier alpha value is -0.610. The summed E-state index contributed by atoms with van der Waals surface area (Å²) >= 11 is 0. The molecule has 2 atom stereocenters. The van der Waals surface area contributed by atoms with Crippen LogP contribution in [0.25, 0.3) is 0 Å². The third-order valence-electron chi connectivity index (χ3n) is 5.58. The van der Waals surface area contributed by atoms with Crippen molar-refractivity contribution < 1.29 is 4.79 Å². The first-order chi connectivity index (χ1) is 9.61. The summed E-state index contributed by atoms with van der Waals surface area (Å²) in [5.74, 6) is 1.04. The van der Waals surface area contributed by atoms with Crippen molar-refractivity contribution in [3.8, 4) is 0 Å². The number of hydrogen-bond donors (Lipinski definition) is 1. The van der Waals surface area contributed by atoms with E-state index in [-0.39, 0.29) is 0 Å². The summed E-state index contributed by atoms with van der Waals surface area (Å²) in [6.07, 6.45) is 8.15. The predicted molar refractivity (Wildman–Crippen MR) is 80.6 cm³/mol. The van der Waals surface area contributed by atoms with E-state index in [0.717, 1.165) is 32.4 Å². The topological polar surface area (TPSA) is 35.6 Å². The smallest absolute Gasteiger partial charge is 0.222 e. The number of nitrogens with one attached hydrogen (secondary N) is 1. The number of amides is 1. The van der Waals surface area contributed by atoms with Gasteiger partial charge in [-0.2, -0.15) is 0 Å². The van der Waals surface area contributed by atoms with Gasteiger partial charge < -0.3 is 15.1 Å². The zero-order valence-corrected chi connectivity index (χ0v) is 13.0. The van der Waals surface area contributed by atoms with Crippen molar-refractivity contribution in [1.82, 2.24) is 15.1 Å². The zero-order chi connectivity index (χ0) is 14.1. The van der Waals surface area contributed by atoms with Gasteiger partial charge in [0, 0.05) is 37.6 Å². The van der Waals surface area contributed by atoms with Gasteiger partial charge in [0.15, 0.2) is 0 Å². The molecule has 1 amide bonds. The van der Waals surface area contributed by atoms with Gasteiger partial charge in [0.1, 0.15) is 0 Å². The lowest BCUT2D eigenvalue weighted by atomic mass is 9.89. The third kappa shape index (κ3) is 3.17. The van der Waals surface area contributed by atoms with Gasteiger partial charge in [-0.05, 0) is 58.5 Å². The van der Waals surface area contributed by atoms with Crippen LogP contribution in [0.3, 0.4) is 0 Å². The number of carbonyl (C=O) groups is 1. The Kier molecular flexibility index (Phi) is 4.32. The summed E-state index contributed by atoms with van der Waals surface area (Å²) in [5, 5.41) is 3.66. The Morgan fingerprint density at radius 1 is 1.10 bits per heavy atom. The highest BCUT2D eigenvalue weighted by molar-refractivity contribution is 5.76. The van der Waals surface area contributed by atoms with Gasteiger partial charge in [-0.1, -0.05) is 0 Å². The first-order valence-electron chi connectivity index (χ1n) is 8.32. The molecule has 0 aromatic carbocycles. The second-order valence-corrected chi connectivity index (χ2v) is 7.25. The van der Waals surface area contributed by atoms with Gasteiger partial charge in [-0.3, -0.25) is 4.79 Å². The number of hydrogen-bond acceptors (Lipinski definition) is 3. The maximum absolute atomic E-state index is 12.5. The van der Waals surface area contributed by atoms with Crippen molar-refractivity contribution in [2.24, 2.45) is 5.92 Å². The average Bonchev–Trinajstić information content (AvgIpc) is 2.78. The van der Waals surface area contributed by atoms with Crippen LogP contribution in [0, 0.1) is 5.92 Å². The van der Waals surface area contributed by atoms with Crippen LogP contribution in [0.5, 0.6) is 0 Å². The van der Waals surface area contributed by atoms with Gasteiger partial charge in [0.25, 0.3) is 0 Å². The molecule has 20 heavy (non-hydrogen) atoms. The van der Waals surface area contributed by atoms with Crippen molar-refractivity contribution in [2.75, 3.05) is 27.2 Å². The normalized spacial score (nSPS) is 34.8. The Bertz CT molecular complexity index is 338. The molecule has 0 saturated carbocycles. The van der Waals surface area contributed by atoms with E-state index in [1.165, 1.54) is 25.7 Å². The van der Waals surface area contributed by atoms with Crippen LogP contribution in [0.15, 0.2) is 0 Å². The highest BCUT2D eigenvalue weighted by Gasteiger charge is 2.35. The van der Waals surface area contributed by atoms with E-state index in [1.807, 2.05) is 0 Å². The van der Waals surface area contributed by atoms with E-state index in [4.69, 9.17) is 0 Å². The van der Waals surface area contributed by atoms with E-state index < -0.39 is 0 Å². The quantitative estimate of drug-likeness (QED) is 0.849. The standard InChI is InChI=1S/C16H29N3O/c1-18(2)15-5-7-19(8-6-15)16(20)11-12-9-13-3-4-14(10-12)17-13/h12-15,17H,3-11H2,1-2H3. The van der Waals surface area contributed by atoms with E-state index in [1.54, 1.807) is 0 Å². The van der Waals surface area contributed by atoms with Crippen LogP contribution in [0.2, 0.25) is 0 Å². The maximum Gasteiger partial charge on any atom is 0.222 e. The molecule has 1 N–H and O–H groups in total. The fourth-order valence-electron chi connectivity index (χ4n) is 4.35. The van der Waals surface area contributed by atoms with Gasteiger partial charge in [-0.25, -0.2) is 0 Å². The van der Waals surface area contributed by atoms with Gasteiger partial charge in [0.05, 0.1) is 0 Å². The molecule has 0 aromatic rings. The molecule has 3 rings (SSSR count). The van der Waals surface area contributed by atoms with E-state index in [2.05, 4.69) is 29.2 Å². The van der Waals surface area contributed by atoms with Crippen LogP contribution in [0.1, 0.15) is 44.9 Å². The number of rotatable bonds is 3. The fraction of sp³-hybridized carbons (Fsp3) is 0.938. The van der Waals surface area contributed by atoms with E-state index >= 15 is 0 Å². The van der Waals surface area contributed by atoms with Crippen LogP contribution >= 0.6 is 0 Å². The molecule has 4 nitrogen and oxygen atoms in total. The van der Waals surface area contributed by atoms with Crippen LogP contribution in [0.4, 0.5) is 0 Å². The number of nitrogens with zero attached hydrogens (tertiary/aromatic N) is 2. The van der Waals surface area contributed by atoms with Gasteiger partial charge in [-0.15, -0.1) is 0 Å². The summed E-state index contributed by atoms with van der Waals surface area (Å²) in [7, 11) is 4.29. The average molecular weight is 279 g/mol. The molecule has 114 valence electrons. The Morgan fingerprint density at radius 2 is 1.70 bits per heavy atom. The molecule has 0 spiro atoms. The Morgan fingerprint density at radius 3 is 2.25 bits per heavy atom. The first kappa shape index (κ1) is 14.3. The monoisotopic (exact) mass is 279 g/mol. The SMILES string of the molecule is CN(C)C1CCN(C(=O)CC2CC3CCC(C2)N3)CC1. The molecule has 4 heteroatoms. The number of fused-ring (bicyclic) bond motifs is 2. The lowest BCUT2D eigenvalue weighted by Gasteiger charge is -2.36. The second-order valence-electron chi connectivity index (χ2n) is 7.25. The van der Waals surface area contributed by atoms with Crippen molar-refractivity contribution in [2.45, 2.75) is 63.1 Å². The lowest BCUT2D eigenvalue weighted by molar-refractivity contribution is -0.134. The number of likely N-dealkylation sites (tertiary alicyclic amines) is 1. The molecule has 2 bridgehead atoms. The summed E-state index contributed by atoms with van der Waals surface area (Å²) in [5.41, 5.74) is 0. The molecule has 3 fully saturated rings. The largest absolute Gasteiger partial charge is 0.343 e. The molecule has 3 heterocycles. The van der Waals surface area contributed by atoms with Gasteiger partial charge in [0.2, 0.25) is 5.91 Å². The molecular formula is C16H29N3O. The summed E-state index contributed by atoms with van der Waals surface area (Å²) in [4.78, 5) is 16.9. The van der Waals surface area contributed by atoms with E-state index in [0.29, 0.717) is 30.0 Å². The van der Waals surface area contributed by atoms with Crippen LogP contribution in [-0.2, 0) is 4.79 Å². The van der Waals surface area contributed by atoms with Gasteiger partial charge >= 0.3 is 0 Å². The molecule has 0 aromatic heterocycles. The van der Waals surface area contributed by atoms with Crippen LogP contribution < -0.4 is 5.32 Å². The molecule has 3 saturated heterocycles. The molecule has 0 aliphatic carbocycles. The highest BCUT2D eigenvalue weighted by atomic mass is 16.2. The number of carbonyl (C=O) groups excluding carboxylic acids is 1. The van der Waals surface area contributed by atoms with Crippen molar-refractivity contribution >= 4 is 5.91 Å². The lowest BCUT2D eigenvalue weighted by Crippen LogP contribution is -2.46. The predicted octanol–water partition coefficient (Wildman–Crippen LogP) is 1.46. The Labute approximate surface area is 122 Å². The fourth-order valence-corrected chi connectivity index (χ4v) is 4.35. The second kappa shape index (κ2) is 6.02. The van der Waals surface area contributed by atoms with Crippen molar-refractivity contribution in [3.05, 3.63) is 0 Å². The molecule has 3 aliphatic rings. The van der Waals surface area contributed by atoms with Crippen molar-refractivity contribution in [3.63, 3.8) is 0 Å². The number of piperidine rings is 2.